The number of anilines is 1. The van der Waals surface area contributed by atoms with Crippen LogP contribution in [0, 0.1) is 0 Å². The second kappa shape index (κ2) is 6.30. The van der Waals surface area contributed by atoms with Gasteiger partial charge in [0.2, 0.25) is 5.76 Å². The smallest absolute Gasteiger partial charge is 0.374 e. The molecule has 112 valence electrons. The molecule has 1 aromatic carbocycles. The molecule has 0 bridgehead atoms. The van der Waals surface area contributed by atoms with Crippen LogP contribution < -0.4 is 5.32 Å². The third kappa shape index (κ3) is 3.09. The predicted molar refractivity (Wildman–Crippen MR) is 83.7 cm³/mol. The molecule has 3 aromatic rings. The first kappa shape index (κ1) is 14.1. The second-order valence-electron chi connectivity index (χ2n) is 4.80. The summed E-state index contributed by atoms with van der Waals surface area (Å²) in [4.78, 5) is 15.7. The number of ether oxygens (including phenoxy) is 1. The highest BCUT2D eigenvalue weighted by atomic mass is 16.5. The van der Waals surface area contributed by atoms with Gasteiger partial charge in [0.25, 0.3) is 0 Å². The molecule has 0 saturated heterocycles. The van der Waals surface area contributed by atoms with Crippen LogP contribution in [0.1, 0.15) is 23.0 Å². The topological polar surface area (TPSA) is 64.4 Å². The molecule has 0 amide bonds. The maximum Gasteiger partial charge on any atom is 0.374 e. The number of furan rings is 1. The van der Waals surface area contributed by atoms with Gasteiger partial charge in [-0.1, -0.05) is 6.07 Å². The lowest BCUT2D eigenvalue weighted by atomic mass is 10.1. The van der Waals surface area contributed by atoms with Gasteiger partial charge in [0.05, 0.1) is 12.3 Å². The fraction of sp³-hybridized carbons (Fsp3) is 0.176. The Hall–Kier alpha value is -2.82. The first-order valence-electron chi connectivity index (χ1n) is 7.10. The highest BCUT2D eigenvalue weighted by Gasteiger charge is 2.13. The van der Waals surface area contributed by atoms with Gasteiger partial charge in [-0.15, -0.1) is 0 Å². The average Bonchev–Trinajstić information content (AvgIpc) is 2.97. The van der Waals surface area contributed by atoms with Crippen molar-refractivity contribution in [3.05, 3.63) is 60.1 Å². The SMILES string of the molecule is CCOC(=O)c1cc2cc(CNc3cccnc3)ccc2o1. The molecule has 0 aliphatic carbocycles. The lowest BCUT2D eigenvalue weighted by molar-refractivity contribution is 0.0492. The molecule has 2 heterocycles. The zero-order valence-corrected chi connectivity index (χ0v) is 12.2. The standard InChI is InChI=1S/C17H16N2O3/c1-2-21-17(20)16-9-13-8-12(5-6-15(13)22-16)10-19-14-4-3-7-18-11-14/h3-9,11,19H,2,10H2,1H3. The molecule has 0 saturated carbocycles. The van der Waals surface area contributed by atoms with Gasteiger partial charge in [-0.25, -0.2) is 4.79 Å². The van der Waals surface area contributed by atoms with E-state index in [1.165, 1.54) is 0 Å². The number of carbonyl (C=O) groups excluding carboxylic acids is 1. The normalized spacial score (nSPS) is 10.6. The number of nitrogens with zero attached hydrogens (tertiary/aromatic N) is 1. The van der Waals surface area contributed by atoms with Crippen molar-refractivity contribution in [2.24, 2.45) is 0 Å². The van der Waals surface area contributed by atoms with Crippen molar-refractivity contribution in [2.75, 3.05) is 11.9 Å². The maximum absolute atomic E-state index is 11.7. The minimum atomic E-state index is -0.436. The molecule has 0 fully saturated rings. The molecule has 1 N–H and O–H groups in total. The van der Waals surface area contributed by atoms with Gasteiger partial charge in [0.15, 0.2) is 0 Å². The van der Waals surface area contributed by atoms with E-state index in [1.807, 2.05) is 30.3 Å². The Bertz CT molecular complexity index is 781. The monoisotopic (exact) mass is 296 g/mol. The van der Waals surface area contributed by atoms with E-state index in [0.717, 1.165) is 16.6 Å². The number of nitrogens with one attached hydrogen (secondary N) is 1. The van der Waals surface area contributed by atoms with Gasteiger partial charge in [-0.3, -0.25) is 4.98 Å². The number of pyridine rings is 1. The van der Waals surface area contributed by atoms with Crippen LogP contribution in [-0.2, 0) is 11.3 Å². The molecule has 0 aliphatic rings. The van der Waals surface area contributed by atoms with Crippen molar-refractivity contribution in [2.45, 2.75) is 13.5 Å². The van der Waals surface area contributed by atoms with Crippen LogP contribution in [-0.4, -0.2) is 17.6 Å². The van der Waals surface area contributed by atoms with E-state index in [4.69, 9.17) is 9.15 Å². The first-order valence-corrected chi connectivity index (χ1v) is 7.10. The van der Waals surface area contributed by atoms with Crippen LogP contribution >= 0.6 is 0 Å². The lowest BCUT2D eigenvalue weighted by Crippen LogP contribution is -2.02. The van der Waals surface area contributed by atoms with Crippen LogP contribution in [0.5, 0.6) is 0 Å². The number of benzene rings is 1. The molecule has 0 radical (unpaired) electrons. The number of carbonyl (C=O) groups is 1. The number of hydrogen-bond acceptors (Lipinski definition) is 5. The Kier molecular flexibility index (Phi) is 4.05. The lowest BCUT2D eigenvalue weighted by Gasteiger charge is -2.05. The Morgan fingerprint density at radius 3 is 3.00 bits per heavy atom. The molecular formula is C17H16N2O3. The Labute approximate surface area is 127 Å². The summed E-state index contributed by atoms with van der Waals surface area (Å²) in [7, 11) is 0. The molecule has 2 aromatic heterocycles. The van der Waals surface area contributed by atoms with Crippen molar-refractivity contribution < 1.29 is 13.9 Å². The van der Waals surface area contributed by atoms with Crippen LogP contribution in [0.3, 0.4) is 0 Å². The Balaban J connectivity index is 1.76. The van der Waals surface area contributed by atoms with Crippen molar-refractivity contribution >= 4 is 22.6 Å². The molecule has 5 nitrogen and oxygen atoms in total. The van der Waals surface area contributed by atoms with E-state index in [1.54, 1.807) is 25.4 Å². The number of esters is 1. The average molecular weight is 296 g/mol. The zero-order valence-electron chi connectivity index (χ0n) is 12.2. The minimum Gasteiger partial charge on any atom is -0.460 e. The van der Waals surface area contributed by atoms with E-state index in [2.05, 4.69) is 10.3 Å². The summed E-state index contributed by atoms with van der Waals surface area (Å²) in [6, 6.07) is 11.4. The number of hydrogen-bond donors (Lipinski definition) is 1. The number of aromatic nitrogens is 1. The van der Waals surface area contributed by atoms with Crippen molar-refractivity contribution in [1.82, 2.24) is 4.98 Å². The second-order valence-corrected chi connectivity index (χ2v) is 4.80. The molecule has 22 heavy (non-hydrogen) atoms. The predicted octanol–water partition coefficient (Wildman–Crippen LogP) is 3.62. The quantitative estimate of drug-likeness (QED) is 0.728. The highest BCUT2D eigenvalue weighted by molar-refractivity contribution is 5.92. The van der Waals surface area contributed by atoms with E-state index >= 15 is 0 Å². The molecule has 0 atom stereocenters. The minimum absolute atomic E-state index is 0.231. The van der Waals surface area contributed by atoms with E-state index < -0.39 is 5.97 Å². The zero-order chi connectivity index (χ0) is 15.4. The largest absolute Gasteiger partial charge is 0.460 e. The summed E-state index contributed by atoms with van der Waals surface area (Å²) in [5.41, 5.74) is 2.72. The fourth-order valence-electron chi connectivity index (χ4n) is 2.18. The van der Waals surface area contributed by atoms with Gasteiger partial charge in [-0.2, -0.15) is 0 Å². The number of rotatable bonds is 5. The maximum atomic E-state index is 11.7. The molecule has 0 aliphatic heterocycles. The third-order valence-corrected chi connectivity index (χ3v) is 3.22. The molecule has 0 unspecified atom stereocenters. The van der Waals surface area contributed by atoms with E-state index in [9.17, 15) is 4.79 Å². The van der Waals surface area contributed by atoms with Gasteiger partial charge in [0, 0.05) is 24.3 Å². The molecule has 3 rings (SSSR count). The van der Waals surface area contributed by atoms with Crippen molar-refractivity contribution in [1.29, 1.82) is 0 Å². The van der Waals surface area contributed by atoms with Crippen LogP contribution in [0.25, 0.3) is 11.0 Å². The van der Waals surface area contributed by atoms with E-state index in [-0.39, 0.29) is 5.76 Å². The van der Waals surface area contributed by atoms with Crippen molar-refractivity contribution in [3.8, 4) is 0 Å². The van der Waals surface area contributed by atoms with Crippen LogP contribution in [0.2, 0.25) is 0 Å². The molecular weight excluding hydrogens is 280 g/mol. The Morgan fingerprint density at radius 1 is 1.32 bits per heavy atom. The fourth-order valence-corrected chi connectivity index (χ4v) is 2.18. The molecule has 5 heteroatoms. The summed E-state index contributed by atoms with van der Waals surface area (Å²) in [6.07, 6.45) is 3.51. The third-order valence-electron chi connectivity index (χ3n) is 3.22. The highest BCUT2D eigenvalue weighted by Crippen LogP contribution is 2.22. The van der Waals surface area contributed by atoms with Crippen LogP contribution in [0.4, 0.5) is 5.69 Å². The van der Waals surface area contributed by atoms with Crippen LogP contribution in [0.15, 0.2) is 53.2 Å². The van der Waals surface area contributed by atoms with E-state index in [0.29, 0.717) is 18.7 Å². The first-order chi connectivity index (χ1) is 10.8. The van der Waals surface area contributed by atoms with Gasteiger partial charge < -0.3 is 14.5 Å². The summed E-state index contributed by atoms with van der Waals surface area (Å²) >= 11 is 0. The summed E-state index contributed by atoms with van der Waals surface area (Å²) in [6.45, 7) is 2.76. The summed E-state index contributed by atoms with van der Waals surface area (Å²) in [5, 5.41) is 4.17. The van der Waals surface area contributed by atoms with Gasteiger partial charge >= 0.3 is 5.97 Å². The Morgan fingerprint density at radius 2 is 2.23 bits per heavy atom. The molecule has 0 spiro atoms. The summed E-state index contributed by atoms with van der Waals surface area (Å²) < 4.78 is 10.4. The van der Waals surface area contributed by atoms with Crippen molar-refractivity contribution in [3.63, 3.8) is 0 Å². The van der Waals surface area contributed by atoms with Gasteiger partial charge in [0.1, 0.15) is 5.58 Å². The number of fused-ring (bicyclic) bond motifs is 1. The van der Waals surface area contributed by atoms with Gasteiger partial charge in [-0.05, 0) is 42.8 Å². The summed E-state index contributed by atoms with van der Waals surface area (Å²) in [5.74, 6) is -0.206.